The molecule has 0 aliphatic rings. The van der Waals surface area contributed by atoms with Crippen molar-refractivity contribution in [2.45, 2.75) is 200 Å². The molecule has 0 fully saturated rings. The van der Waals surface area contributed by atoms with Gasteiger partial charge in [0.1, 0.15) is 6.61 Å². The summed E-state index contributed by atoms with van der Waals surface area (Å²) in [5, 5.41) is 0. The normalized spacial score (nSPS) is 12.8. The predicted octanol–water partition coefficient (Wildman–Crippen LogP) is 12.2. The number of hydrogen-bond acceptors (Lipinski definition) is 6. The predicted molar refractivity (Wildman–Crippen MR) is 207 cm³/mol. The number of phosphoric acid groups is 1. The van der Waals surface area contributed by atoms with Crippen molar-refractivity contribution in [2.75, 3.05) is 13.2 Å². The lowest BCUT2D eigenvalue weighted by Gasteiger charge is -2.18. The number of esters is 2. The maximum Gasteiger partial charge on any atom is 0.469 e. The van der Waals surface area contributed by atoms with Crippen LogP contribution in [0.2, 0.25) is 0 Å². The average molecular weight is 727 g/mol. The Bertz CT molecular complexity index is 910. The van der Waals surface area contributed by atoms with E-state index in [1.165, 1.54) is 96.3 Å². The molecule has 0 aromatic heterocycles. The first-order valence-electron chi connectivity index (χ1n) is 20.3. The van der Waals surface area contributed by atoms with Crippen LogP contribution in [0.3, 0.4) is 0 Å². The summed E-state index contributed by atoms with van der Waals surface area (Å²) < 4.78 is 26.3. The van der Waals surface area contributed by atoms with E-state index in [2.05, 4.69) is 54.8 Å². The van der Waals surface area contributed by atoms with Crippen molar-refractivity contribution in [1.29, 1.82) is 0 Å². The number of phosphoric ester groups is 1. The van der Waals surface area contributed by atoms with Gasteiger partial charge < -0.3 is 19.3 Å². The Labute approximate surface area is 306 Å². The highest BCUT2D eigenvalue weighted by Gasteiger charge is 2.22. The summed E-state index contributed by atoms with van der Waals surface area (Å²) in [4.78, 5) is 42.8. The molecular formula is C41H75O8P. The highest BCUT2D eigenvalue weighted by molar-refractivity contribution is 7.46. The van der Waals surface area contributed by atoms with E-state index in [0.29, 0.717) is 12.8 Å². The van der Waals surface area contributed by atoms with Gasteiger partial charge in [-0.25, -0.2) is 4.57 Å². The molecule has 0 rings (SSSR count). The van der Waals surface area contributed by atoms with Crippen molar-refractivity contribution < 1.29 is 37.9 Å². The molecule has 0 saturated carbocycles. The van der Waals surface area contributed by atoms with Gasteiger partial charge in [-0.3, -0.25) is 14.1 Å². The largest absolute Gasteiger partial charge is 0.469 e. The zero-order valence-electron chi connectivity index (χ0n) is 32.0. The Kier molecular flexibility index (Phi) is 35.8. The molecule has 0 radical (unpaired) electrons. The SMILES string of the molecule is CCCCC/C=C/C/C=C/CCCCCCCCCC(=O)OC[C@H](COP(=O)(O)O)OC(=O)CCCCC/C=C/CCCCCCCCCC. The van der Waals surface area contributed by atoms with Crippen LogP contribution in [-0.4, -0.2) is 41.0 Å². The monoisotopic (exact) mass is 727 g/mol. The van der Waals surface area contributed by atoms with Gasteiger partial charge in [-0.15, -0.1) is 0 Å². The fourth-order valence-electron chi connectivity index (χ4n) is 5.57. The molecule has 2 N–H and O–H groups in total. The first-order chi connectivity index (χ1) is 24.3. The zero-order valence-corrected chi connectivity index (χ0v) is 32.9. The molecular weight excluding hydrogens is 651 g/mol. The van der Waals surface area contributed by atoms with Gasteiger partial charge in [-0.05, 0) is 70.6 Å². The van der Waals surface area contributed by atoms with E-state index in [1.54, 1.807) is 0 Å². The molecule has 1 atom stereocenters. The van der Waals surface area contributed by atoms with Crippen LogP contribution in [0.15, 0.2) is 36.5 Å². The van der Waals surface area contributed by atoms with Crippen molar-refractivity contribution in [3.05, 3.63) is 36.5 Å². The molecule has 0 aromatic carbocycles. The van der Waals surface area contributed by atoms with Gasteiger partial charge in [0.05, 0.1) is 6.61 Å². The Hall–Kier alpha value is -1.73. The standard InChI is InChI=1S/C41H75O8P/c1-3-5-7-9-11-13-15-17-19-20-22-23-25-27-29-31-33-35-40(42)47-37-39(38-48-50(44,45)46)49-41(43)36-34-32-30-28-26-24-21-18-16-14-12-10-8-6-4-2/h11,13,17,19,24,26,39H,3-10,12,14-16,18,20-23,25,27-38H2,1-2H3,(H2,44,45,46)/b13-11+,19-17+,26-24+/t39-/m1/s1. The molecule has 292 valence electrons. The van der Waals surface area contributed by atoms with Crippen molar-refractivity contribution in [1.82, 2.24) is 0 Å². The van der Waals surface area contributed by atoms with Gasteiger partial charge >= 0.3 is 19.8 Å². The van der Waals surface area contributed by atoms with E-state index in [-0.39, 0.29) is 19.4 Å². The number of rotatable bonds is 37. The van der Waals surface area contributed by atoms with E-state index in [1.807, 2.05) is 0 Å². The Balaban J connectivity index is 3.96. The fraction of sp³-hybridized carbons (Fsp3) is 0.805. The molecule has 0 saturated heterocycles. The molecule has 0 bridgehead atoms. The third kappa shape index (κ3) is 39.1. The zero-order chi connectivity index (χ0) is 36.8. The highest BCUT2D eigenvalue weighted by Crippen LogP contribution is 2.36. The maximum absolute atomic E-state index is 12.4. The number of carbonyl (C=O) groups is 2. The van der Waals surface area contributed by atoms with Crippen LogP contribution in [0, 0.1) is 0 Å². The number of unbranched alkanes of at least 4 members (excludes halogenated alkanes) is 21. The van der Waals surface area contributed by atoms with Crippen LogP contribution in [0.25, 0.3) is 0 Å². The van der Waals surface area contributed by atoms with Gasteiger partial charge in [-0.1, -0.05) is 147 Å². The third-order valence-electron chi connectivity index (χ3n) is 8.63. The first kappa shape index (κ1) is 48.3. The summed E-state index contributed by atoms with van der Waals surface area (Å²) in [6, 6.07) is 0. The Morgan fingerprint density at radius 2 is 0.900 bits per heavy atom. The van der Waals surface area contributed by atoms with Crippen LogP contribution >= 0.6 is 7.82 Å². The van der Waals surface area contributed by atoms with E-state index in [9.17, 15) is 14.2 Å². The van der Waals surface area contributed by atoms with Crippen LogP contribution in [0.5, 0.6) is 0 Å². The molecule has 0 aliphatic carbocycles. The van der Waals surface area contributed by atoms with Crippen LogP contribution < -0.4 is 0 Å². The number of ether oxygens (including phenoxy) is 2. The summed E-state index contributed by atoms with van der Waals surface area (Å²) in [6.07, 6.45) is 42.9. The molecule has 0 aliphatic heterocycles. The molecule has 0 aromatic rings. The molecule has 0 amide bonds. The van der Waals surface area contributed by atoms with Crippen LogP contribution in [0.4, 0.5) is 0 Å². The van der Waals surface area contributed by atoms with E-state index in [0.717, 1.165) is 57.8 Å². The molecule has 8 nitrogen and oxygen atoms in total. The van der Waals surface area contributed by atoms with Gasteiger partial charge in [0.25, 0.3) is 0 Å². The van der Waals surface area contributed by atoms with Crippen molar-refractivity contribution >= 4 is 19.8 Å². The minimum Gasteiger partial charge on any atom is -0.462 e. The quantitative estimate of drug-likeness (QED) is 0.0281. The number of hydrogen-bond donors (Lipinski definition) is 2. The van der Waals surface area contributed by atoms with Crippen molar-refractivity contribution in [2.24, 2.45) is 0 Å². The minimum atomic E-state index is -4.76. The molecule has 50 heavy (non-hydrogen) atoms. The average Bonchev–Trinajstić information content (AvgIpc) is 3.08. The molecule has 0 spiro atoms. The highest BCUT2D eigenvalue weighted by atomic mass is 31.2. The lowest BCUT2D eigenvalue weighted by atomic mass is 10.1. The minimum absolute atomic E-state index is 0.190. The van der Waals surface area contributed by atoms with Gasteiger partial charge in [-0.2, -0.15) is 0 Å². The summed E-state index contributed by atoms with van der Waals surface area (Å²) in [5.74, 6) is -0.910. The van der Waals surface area contributed by atoms with Gasteiger partial charge in [0, 0.05) is 12.8 Å². The van der Waals surface area contributed by atoms with E-state index >= 15 is 0 Å². The molecule has 0 unspecified atom stereocenters. The second kappa shape index (κ2) is 37.0. The first-order valence-corrected chi connectivity index (χ1v) is 21.8. The van der Waals surface area contributed by atoms with Crippen molar-refractivity contribution in [3.63, 3.8) is 0 Å². The fourth-order valence-corrected chi connectivity index (χ4v) is 5.93. The van der Waals surface area contributed by atoms with Gasteiger partial charge in [0.2, 0.25) is 0 Å². The topological polar surface area (TPSA) is 119 Å². The van der Waals surface area contributed by atoms with E-state index < -0.39 is 32.5 Å². The molecule has 0 heterocycles. The summed E-state index contributed by atoms with van der Waals surface area (Å²) in [6.45, 7) is 3.64. The number of carbonyl (C=O) groups excluding carboxylic acids is 2. The van der Waals surface area contributed by atoms with Crippen LogP contribution in [-0.2, 0) is 28.2 Å². The second-order valence-corrected chi connectivity index (χ2v) is 14.8. The Morgan fingerprint density at radius 1 is 0.520 bits per heavy atom. The third-order valence-corrected chi connectivity index (χ3v) is 9.12. The summed E-state index contributed by atoms with van der Waals surface area (Å²) in [5.41, 5.74) is 0. The molecule has 9 heteroatoms. The smallest absolute Gasteiger partial charge is 0.462 e. The lowest BCUT2D eigenvalue weighted by molar-refractivity contribution is -0.161. The number of allylic oxidation sites excluding steroid dienone is 6. The van der Waals surface area contributed by atoms with E-state index in [4.69, 9.17) is 19.3 Å². The summed E-state index contributed by atoms with van der Waals surface area (Å²) >= 11 is 0. The second-order valence-electron chi connectivity index (χ2n) is 13.6. The lowest BCUT2D eigenvalue weighted by Crippen LogP contribution is -2.29. The van der Waals surface area contributed by atoms with Crippen molar-refractivity contribution in [3.8, 4) is 0 Å². The summed E-state index contributed by atoms with van der Waals surface area (Å²) in [7, 11) is -4.76. The Morgan fingerprint density at radius 3 is 1.40 bits per heavy atom. The van der Waals surface area contributed by atoms with Gasteiger partial charge in [0.15, 0.2) is 6.10 Å². The maximum atomic E-state index is 12.4. The van der Waals surface area contributed by atoms with Crippen LogP contribution in [0.1, 0.15) is 194 Å².